The van der Waals surface area contributed by atoms with Crippen LogP contribution in [0.4, 0.5) is 0 Å². The van der Waals surface area contributed by atoms with E-state index in [1.807, 2.05) is 24.5 Å². The summed E-state index contributed by atoms with van der Waals surface area (Å²) in [7, 11) is 0. The Balaban J connectivity index is 2.45. The molecule has 1 aromatic carbocycles. The van der Waals surface area contributed by atoms with Crippen LogP contribution in [-0.2, 0) is 12.3 Å². The molecule has 1 heterocycles. The summed E-state index contributed by atoms with van der Waals surface area (Å²) in [6.45, 7) is 2.16. The molecule has 16 heavy (non-hydrogen) atoms. The number of imidazole rings is 1. The monoisotopic (exact) mass is 234 g/mol. The van der Waals surface area contributed by atoms with E-state index in [0.717, 1.165) is 29.9 Å². The third-order valence-corrected chi connectivity index (χ3v) is 2.87. The quantitative estimate of drug-likeness (QED) is 0.740. The molecule has 1 aromatic heterocycles. The first-order valence-electron chi connectivity index (χ1n) is 5.53. The van der Waals surface area contributed by atoms with Crippen LogP contribution >= 0.6 is 11.6 Å². The zero-order valence-corrected chi connectivity index (χ0v) is 10.1. The molecule has 0 aliphatic carbocycles. The molecule has 0 fully saturated rings. The third kappa shape index (κ3) is 2.12. The summed E-state index contributed by atoms with van der Waals surface area (Å²) in [4.78, 5) is 4.38. The van der Waals surface area contributed by atoms with Crippen molar-refractivity contribution in [3.63, 3.8) is 0 Å². The summed E-state index contributed by atoms with van der Waals surface area (Å²) in [6.07, 6.45) is 5.93. The van der Waals surface area contributed by atoms with Gasteiger partial charge in [-0.2, -0.15) is 0 Å². The summed E-state index contributed by atoms with van der Waals surface area (Å²) in [5.41, 5.74) is 2.28. The second kappa shape index (κ2) is 5.17. The van der Waals surface area contributed by atoms with Gasteiger partial charge in [-0.05, 0) is 18.1 Å². The number of benzene rings is 1. The van der Waals surface area contributed by atoms with Crippen LogP contribution in [-0.4, -0.2) is 9.55 Å². The molecule has 0 amide bonds. The number of alkyl halides is 1. The van der Waals surface area contributed by atoms with Crippen molar-refractivity contribution < 1.29 is 0 Å². The van der Waals surface area contributed by atoms with E-state index >= 15 is 0 Å². The number of nitrogens with zero attached hydrogens (tertiary/aromatic N) is 2. The molecule has 3 heteroatoms. The van der Waals surface area contributed by atoms with Gasteiger partial charge in [0.15, 0.2) is 0 Å². The number of aryl methyl sites for hydroxylation is 1. The lowest BCUT2D eigenvalue weighted by molar-refractivity contribution is 0.806. The number of aromatic nitrogens is 2. The van der Waals surface area contributed by atoms with Crippen LogP contribution in [0.1, 0.15) is 24.7 Å². The summed E-state index contributed by atoms with van der Waals surface area (Å²) < 4.78 is 2.13. The molecule has 0 aliphatic rings. The summed E-state index contributed by atoms with van der Waals surface area (Å²) in [6, 6.07) is 8.18. The van der Waals surface area contributed by atoms with Crippen LogP contribution < -0.4 is 0 Å². The third-order valence-electron chi connectivity index (χ3n) is 2.59. The number of hydrogen-bond acceptors (Lipinski definition) is 1. The van der Waals surface area contributed by atoms with Gasteiger partial charge in [-0.25, -0.2) is 4.98 Å². The molecule has 0 aliphatic heterocycles. The molecule has 2 rings (SSSR count). The van der Waals surface area contributed by atoms with E-state index in [2.05, 4.69) is 28.6 Å². The zero-order chi connectivity index (χ0) is 11.4. The van der Waals surface area contributed by atoms with Crippen molar-refractivity contribution in [1.82, 2.24) is 9.55 Å². The smallest absolute Gasteiger partial charge is 0.113 e. The van der Waals surface area contributed by atoms with Crippen molar-refractivity contribution in [3.05, 3.63) is 48.0 Å². The number of hydrogen-bond donors (Lipinski definition) is 0. The van der Waals surface area contributed by atoms with Crippen molar-refractivity contribution in [2.45, 2.75) is 25.6 Å². The van der Waals surface area contributed by atoms with Crippen LogP contribution in [0.5, 0.6) is 0 Å². The fraction of sp³-hybridized carbons (Fsp3) is 0.308. The first-order valence-corrected chi connectivity index (χ1v) is 6.06. The van der Waals surface area contributed by atoms with E-state index in [4.69, 9.17) is 11.6 Å². The van der Waals surface area contributed by atoms with E-state index < -0.39 is 0 Å². The van der Waals surface area contributed by atoms with Gasteiger partial charge in [0.25, 0.3) is 0 Å². The minimum Gasteiger partial charge on any atom is -0.303 e. The summed E-state index contributed by atoms with van der Waals surface area (Å²) >= 11 is 5.94. The van der Waals surface area contributed by atoms with Crippen molar-refractivity contribution in [3.8, 4) is 5.69 Å². The molecular formula is C13H15ClN2. The van der Waals surface area contributed by atoms with E-state index in [9.17, 15) is 0 Å². The summed E-state index contributed by atoms with van der Waals surface area (Å²) in [5, 5.41) is 0. The molecule has 84 valence electrons. The lowest BCUT2D eigenvalue weighted by atomic mass is 10.2. The van der Waals surface area contributed by atoms with Crippen LogP contribution in [0.15, 0.2) is 36.7 Å². The van der Waals surface area contributed by atoms with Gasteiger partial charge in [0.1, 0.15) is 5.82 Å². The molecule has 0 bridgehead atoms. The fourth-order valence-electron chi connectivity index (χ4n) is 1.82. The van der Waals surface area contributed by atoms with Crippen molar-refractivity contribution in [2.24, 2.45) is 0 Å². The van der Waals surface area contributed by atoms with Gasteiger partial charge in [-0.15, -0.1) is 11.6 Å². The normalized spacial score (nSPS) is 10.6. The molecule has 0 saturated carbocycles. The molecule has 0 unspecified atom stereocenters. The Labute approximate surface area is 101 Å². The Morgan fingerprint density at radius 2 is 2.12 bits per heavy atom. The first-order chi connectivity index (χ1) is 7.86. The van der Waals surface area contributed by atoms with Crippen LogP contribution in [0.25, 0.3) is 5.69 Å². The van der Waals surface area contributed by atoms with E-state index in [0.29, 0.717) is 5.88 Å². The molecule has 0 atom stereocenters. The van der Waals surface area contributed by atoms with Gasteiger partial charge in [-0.1, -0.05) is 25.1 Å². The highest BCUT2D eigenvalue weighted by molar-refractivity contribution is 6.17. The Bertz CT molecular complexity index is 462. The van der Waals surface area contributed by atoms with Gasteiger partial charge in [0.05, 0.1) is 5.69 Å². The van der Waals surface area contributed by atoms with Gasteiger partial charge in [0.2, 0.25) is 0 Å². The molecule has 0 spiro atoms. The topological polar surface area (TPSA) is 17.8 Å². The Morgan fingerprint density at radius 3 is 2.88 bits per heavy atom. The highest BCUT2D eigenvalue weighted by Crippen LogP contribution is 2.18. The van der Waals surface area contributed by atoms with Gasteiger partial charge in [0, 0.05) is 24.7 Å². The van der Waals surface area contributed by atoms with E-state index in [1.165, 1.54) is 0 Å². The second-order valence-corrected chi connectivity index (χ2v) is 3.99. The molecule has 0 N–H and O–H groups in total. The van der Waals surface area contributed by atoms with Gasteiger partial charge in [-0.3, -0.25) is 0 Å². The van der Waals surface area contributed by atoms with E-state index in [1.54, 1.807) is 0 Å². The molecule has 2 nitrogen and oxygen atoms in total. The number of rotatable bonds is 4. The Hall–Kier alpha value is -1.28. The van der Waals surface area contributed by atoms with Crippen LogP contribution in [0.3, 0.4) is 0 Å². The van der Waals surface area contributed by atoms with Crippen LogP contribution in [0, 0.1) is 0 Å². The molecule has 0 saturated heterocycles. The second-order valence-electron chi connectivity index (χ2n) is 3.73. The van der Waals surface area contributed by atoms with Gasteiger partial charge >= 0.3 is 0 Å². The maximum absolute atomic E-state index is 5.94. The highest BCUT2D eigenvalue weighted by atomic mass is 35.5. The molecule has 0 radical (unpaired) electrons. The Kier molecular flexibility index (Phi) is 3.62. The van der Waals surface area contributed by atoms with E-state index in [-0.39, 0.29) is 0 Å². The zero-order valence-electron chi connectivity index (χ0n) is 9.36. The average molecular weight is 235 g/mol. The SMILES string of the molecule is CCCc1nccn1-c1ccccc1CCl. The fourth-order valence-corrected chi connectivity index (χ4v) is 2.05. The molecular weight excluding hydrogens is 220 g/mol. The number of halogens is 1. The predicted molar refractivity (Wildman–Crippen MR) is 67.1 cm³/mol. The lowest BCUT2D eigenvalue weighted by Crippen LogP contribution is -2.02. The summed E-state index contributed by atoms with van der Waals surface area (Å²) in [5.74, 6) is 1.62. The maximum atomic E-state index is 5.94. The van der Waals surface area contributed by atoms with Gasteiger partial charge < -0.3 is 4.57 Å². The van der Waals surface area contributed by atoms with Crippen molar-refractivity contribution in [1.29, 1.82) is 0 Å². The maximum Gasteiger partial charge on any atom is 0.113 e. The molecule has 2 aromatic rings. The minimum absolute atomic E-state index is 0.528. The predicted octanol–water partition coefficient (Wildman–Crippen LogP) is 3.56. The average Bonchev–Trinajstić information content (AvgIpc) is 2.77. The van der Waals surface area contributed by atoms with Crippen molar-refractivity contribution >= 4 is 11.6 Å². The highest BCUT2D eigenvalue weighted by Gasteiger charge is 2.07. The van der Waals surface area contributed by atoms with Crippen LogP contribution in [0.2, 0.25) is 0 Å². The number of para-hydroxylation sites is 1. The van der Waals surface area contributed by atoms with Crippen molar-refractivity contribution in [2.75, 3.05) is 0 Å². The Morgan fingerprint density at radius 1 is 1.31 bits per heavy atom. The standard InChI is InChI=1S/C13H15ClN2/c1-2-5-13-15-8-9-16(13)12-7-4-3-6-11(12)10-14/h3-4,6-9H,2,5,10H2,1H3. The first kappa shape index (κ1) is 11.2. The lowest BCUT2D eigenvalue weighted by Gasteiger charge is -2.10. The largest absolute Gasteiger partial charge is 0.303 e. The minimum atomic E-state index is 0.528.